The van der Waals surface area contributed by atoms with Crippen molar-refractivity contribution in [1.29, 1.82) is 0 Å². The third-order valence-electron chi connectivity index (χ3n) is 3.50. The Balaban J connectivity index is 2.05. The van der Waals surface area contributed by atoms with Gasteiger partial charge in [0.25, 0.3) is 0 Å². The molecule has 1 aromatic rings. The van der Waals surface area contributed by atoms with E-state index in [0.29, 0.717) is 18.2 Å². The number of nitrogens with two attached hydrogens (primary N) is 1. The molecule has 21 heavy (non-hydrogen) atoms. The molecule has 0 amide bonds. The molecule has 2 rings (SSSR count). The number of ether oxygens (including phenoxy) is 1. The first kappa shape index (κ1) is 16.0. The SMILES string of the molecule is NC(=S)c1cc(C(F)(F)F)ccc1NCCC1CCOC1. The van der Waals surface area contributed by atoms with E-state index in [1.165, 1.54) is 6.07 Å². The van der Waals surface area contributed by atoms with Gasteiger partial charge in [0.05, 0.1) is 5.56 Å². The molecule has 0 bridgehead atoms. The van der Waals surface area contributed by atoms with E-state index in [1.807, 2.05) is 0 Å². The Labute approximate surface area is 126 Å². The van der Waals surface area contributed by atoms with E-state index in [-0.39, 0.29) is 10.6 Å². The Bertz CT molecular complexity index is 513. The van der Waals surface area contributed by atoms with Crippen molar-refractivity contribution in [2.24, 2.45) is 11.7 Å². The fourth-order valence-electron chi connectivity index (χ4n) is 2.30. The van der Waals surface area contributed by atoms with Crippen molar-refractivity contribution in [3.8, 4) is 0 Å². The molecular weight excluding hydrogens is 301 g/mol. The molecule has 3 N–H and O–H groups in total. The van der Waals surface area contributed by atoms with Crippen molar-refractivity contribution < 1.29 is 17.9 Å². The third kappa shape index (κ3) is 4.31. The average molecular weight is 318 g/mol. The van der Waals surface area contributed by atoms with Gasteiger partial charge in [-0.05, 0) is 37.0 Å². The van der Waals surface area contributed by atoms with Crippen LogP contribution in [-0.2, 0) is 10.9 Å². The van der Waals surface area contributed by atoms with Crippen LogP contribution < -0.4 is 11.1 Å². The van der Waals surface area contributed by atoms with E-state index < -0.39 is 11.7 Å². The summed E-state index contributed by atoms with van der Waals surface area (Å²) in [5.41, 5.74) is 5.54. The maximum Gasteiger partial charge on any atom is 0.416 e. The number of hydrogen-bond acceptors (Lipinski definition) is 3. The van der Waals surface area contributed by atoms with E-state index in [9.17, 15) is 13.2 Å². The molecule has 0 aromatic heterocycles. The monoisotopic (exact) mass is 318 g/mol. The second kappa shape index (κ2) is 6.62. The Hall–Kier alpha value is -1.34. The molecule has 3 nitrogen and oxygen atoms in total. The molecule has 0 aliphatic carbocycles. The van der Waals surface area contributed by atoms with Gasteiger partial charge in [-0.3, -0.25) is 0 Å². The second-order valence-electron chi connectivity index (χ2n) is 5.07. The predicted molar refractivity (Wildman–Crippen MR) is 79.4 cm³/mol. The summed E-state index contributed by atoms with van der Waals surface area (Å²) < 4.78 is 43.4. The molecule has 1 atom stereocenters. The van der Waals surface area contributed by atoms with Crippen molar-refractivity contribution in [1.82, 2.24) is 0 Å². The molecule has 1 saturated heterocycles. The molecule has 0 saturated carbocycles. The molecule has 1 fully saturated rings. The summed E-state index contributed by atoms with van der Waals surface area (Å²) in [5, 5.41) is 3.11. The Morgan fingerprint density at radius 1 is 1.43 bits per heavy atom. The molecular formula is C14H17F3N2OS. The van der Waals surface area contributed by atoms with Gasteiger partial charge in [-0.25, -0.2) is 0 Å². The summed E-state index contributed by atoms with van der Waals surface area (Å²) >= 11 is 4.84. The van der Waals surface area contributed by atoms with Gasteiger partial charge in [0.2, 0.25) is 0 Å². The fraction of sp³-hybridized carbons (Fsp3) is 0.500. The van der Waals surface area contributed by atoms with Gasteiger partial charge in [-0.1, -0.05) is 12.2 Å². The van der Waals surface area contributed by atoms with Crippen LogP contribution in [0.2, 0.25) is 0 Å². The lowest BCUT2D eigenvalue weighted by atomic mass is 10.0. The van der Waals surface area contributed by atoms with Crippen LogP contribution in [0.3, 0.4) is 0 Å². The van der Waals surface area contributed by atoms with Gasteiger partial charge in [0, 0.05) is 31.0 Å². The number of nitrogens with one attached hydrogen (secondary N) is 1. The molecule has 1 unspecified atom stereocenters. The summed E-state index contributed by atoms with van der Waals surface area (Å²) in [5.74, 6) is 0.500. The Morgan fingerprint density at radius 2 is 2.19 bits per heavy atom. The maximum atomic E-state index is 12.7. The molecule has 116 valence electrons. The number of benzene rings is 1. The van der Waals surface area contributed by atoms with Gasteiger partial charge in [0.1, 0.15) is 4.99 Å². The summed E-state index contributed by atoms with van der Waals surface area (Å²) in [4.78, 5) is -0.0483. The van der Waals surface area contributed by atoms with Crippen LogP contribution >= 0.6 is 12.2 Å². The third-order valence-corrected chi connectivity index (χ3v) is 3.72. The van der Waals surface area contributed by atoms with Crippen LogP contribution in [0, 0.1) is 5.92 Å². The summed E-state index contributed by atoms with van der Waals surface area (Å²) in [6.07, 6.45) is -2.48. The molecule has 0 radical (unpaired) electrons. The van der Waals surface area contributed by atoms with E-state index in [0.717, 1.165) is 38.2 Å². The normalized spacial score (nSPS) is 18.7. The summed E-state index contributed by atoms with van der Waals surface area (Å²) in [6, 6.07) is 3.40. The largest absolute Gasteiger partial charge is 0.416 e. The van der Waals surface area contributed by atoms with Crippen molar-refractivity contribution in [3.63, 3.8) is 0 Å². The highest BCUT2D eigenvalue weighted by molar-refractivity contribution is 7.80. The van der Waals surface area contributed by atoms with Gasteiger partial charge in [0.15, 0.2) is 0 Å². The van der Waals surface area contributed by atoms with Crippen LogP contribution in [0.1, 0.15) is 24.0 Å². The number of anilines is 1. The topological polar surface area (TPSA) is 47.3 Å². The van der Waals surface area contributed by atoms with Crippen molar-refractivity contribution in [2.45, 2.75) is 19.0 Å². The maximum absolute atomic E-state index is 12.7. The minimum atomic E-state index is -4.40. The van der Waals surface area contributed by atoms with Crippen molar-refractivity contribution in [2.75, 3.05) is 25.1 Å². The van der Waals surface area contributed by atoms with E-state index in [2.05, 4.69) is 5.32 Å². The molecule has 0 spiro atoms. The van der Waals surface area contributed by atoms with Crippen molar-refractivity contribution in [3.05, 3.63) is 29.3 Å². The number of rotatable bonds is 5. The van der Waals surface area contributed by atoms with Crippen LogP contribution in [0.15, 0.2) is 18.2 Å². The number of alkyl halides is 3. The quantitative estimate of drug-likeness (QED) is 0.819. The first-order valence-corrected chi connectivity index (χ1v) is 7.11. The lowest BCUT2D eigenvalue weighted by molar-refractivity contribution is -0.137. The van der Waals surface area contributed by atoms with E-state index >= 15 is 0 Å². The highest BCUT2D eigenvalue weighted by Gasteiger charge is 2.31. The highest BCUT2D eigenvalue weighted by Crippen LogP contribution is 2.32. The zero-order chi connectivity index (χ0) is 15.5. The lowest BCUT2D eigenvalue weighted by Gasteiger charge is -2.15. The van der Waals surface area contributed by atoms with Gasteiger partial charge >= 0.3 is 6.18 Å². The Kier molecular flexibility index (Phi) is 5.05. The predicted octanol–water partition coefficient (Wildman–Crippen LogP) is 3.18. The van der Waals surface area contributed by atoms with Gasteiger partial charge in [-0.15, -0.1) is 0 Å². The number of halogens is 3. The zero-order valence-electron chi connectivity index (χ0n) is 11.4. The molecule has 1 aliphatic rings. The van der Waals surface area contributed by atoms with Gasteiger partial charge in [-0.2, -0.15) is 13.2 Å². The van der Waals surface area contributed by atoms with Gasteiger partial charge < -0.3 is 15.8 Å². The number of hydrogen-bond donors (Lipinski definition) is 2. The second-order valence-corrected chi connectivity index (χ2v) is 5.51. The first-order valence-electron chi connectivity index (χ1n) is 6.70. The number of thiocarbonyl (C=S) groups is 1. The van der Waals surface area contributed by atoms with Crippen LogP contribution in [-0.4, -0.2) is 24.7 Å². The molecule has 1 heterocycles. The Morgan fingerprint density at radius 3 is 2.76 bits per heavy atom. The minimum Gasteiger partial charge on any atom is -0.389 e. The minimum absolute atomic E-state index is 0.0483. The van der Waals surface area contributed by atoms with Crippen LogP contribution in [0.25, 0.3) is 0 Å². The van der Waals surface area contributed by atoms with E-state index in [1.54, 1.807) is 0 Å². The lowest BCUT2D eigenvalue weighted by Crippen LogP contribution is -2.17. The molecule has 1 aliphatic heterocycles. The summed E-state index contributed by atoms with van der Waals surface area (Å²) in [7, 11) is 0. The smallest absolute Gasteiger partial charge is 0.389 e. The van der Waals surface area contributed by atoms with E-state index in [4.69, 9.17) is 22.7 Å². The summed E-state index contributed by atoms with van der Waals surface area (Å²) in [6.45, 7) is 2.18. The molecule has 1 aromatic carbocycles. The zero-order valence-corrected chi connectivity index (χ0v) is 12.2. The van der Waals surface area contributed by atoms with Crippen LogP contribution in [0.4, 0.5) is 18.9 Å². The fourth-order valence-corrected chi connectivity index (χ4v) is 2.47. The average Bonchev–Trinajstić information content (AvgIpc) is 2.90. The standard InChI is InChI=1S/C14H17F3N2OS/c15-14(16,17)10-1-2-12(11(7-10)13(18)21)19-5-3-9-4-6-20-8-9/h1-2,7,9,19H,3-6,8H2,(H2,18,21). The highest BCUT2D eigenvalue weighted by atomic mass is 32.1. The van der Waals surface area contributed by atoms with Crippen molar-refractivity contribution >= 4 is 22.9 Å². The molecule has 7 heteroatoms. The van der Waals surface area contributed by atoms with Crippen LogP contribution in [0.5, 0.6) is 0 Å². The first-order chi connectivity index (χ1) is 9.88.